The lowest BCUT2D eigenvalue weighted by Crippen LogP contribution is -2.51. The Bertz CT molecular complexity index is 850. The molecule has 1 amide bonds. The van der Waals surface area contributed by atoms with Crippen molar-refractivity contribution in [2.45, 2.75) is 6.04 Å². The molecule has 2 aromatic carbocycles. The van der Waals surface area contributed by atoms with E-state index in [2.05, 4.69) is 0 Å². The molecule has 1 heterocycles. The third-order valence-electron chi connectivity index (χ3n) is 4.91. The van der Waals surface area contributed by atoms with E-state index >= 15 is 0 Å². The Morgan fingerprint density at radius 1 is 1.00 bits per heavy atom. The second kappa shape index (κ2) is 9.08. The lowest BCUT2D eigenvalue weighted by Gasteiger charge is -2.38. The van der Waals surface area contributed by atoms with Gasteiger partial charge in [-0.15, -0.1) is 0 Å². The third kappa shape index (κ3) is 4.29. The van der Waals surface area contributed by atoms with E-state index in [0.29, 0.717) is 48.1 Å². The van der Waals surface area contributed by atoms with Gasteiger partial charge < -0.3 is 14.4 Å². The number of hydrogen-bond acceptors (Lipinski definition) is 5. The van der Waals surface area contributed by atoms with E-state index in [1.807, 2.05) is 23.1 Å². The minimum atomic E-state index is -0.590. The summed E-state index contributed by atoms with van der Waals surface area (Å²) in [6, 6.07) is 13.8. The topological polar surface area (TPSA) is 59.1 Å². The van der Waals surface area contributed by atoms with Crippen LogP contribution in [0.25, 0.3) is 0 Å². The molecule has 3 rings (SSSR count). The van der Waals surface area contributed by atoms with Gasteiger partial charge in [0.2, 0.25) is 0 Å². The second-order valence-corrected chi connectivity index (χ2v) is 6.91. The van der Waals surface area contributed by atoms with Crippen LogP contribution in [0.2, 0.25) is 5.02 Å². The number of hydrogen-bond donors (Lipinski definition) is 0. The van der Waals surface area contributed by atoms with Gasteiger partial charge in [0, 0.05) is 36.8 Å². The van der Waals surface area contributed by atoms with Crippen molar-refractivity contribution in [3.63, 3.8) is 0 Å². The van der Waals surface area contributed by atoms with E-state index < -0.39 is 6.04 Å². The Hall–Kier alpha value is -2.57. The minimum absolute atomic E-state index is 0.0501. The molecule has 0 spiro atoms. The molecule has 28 heavy (non-hydrogen) atoms. The van der Waals surface area contributed by atoms with Crippen LogP contribution in [0.4, 0.5) is 0 Å². The maximum atomic E-state index is 12.8. The van der Waals surface area contributed by atoms with Crippen LogP contribution in [-0.4, -0.2) is 62.1 Å². The molecule has 1 aliphatic rings. The van der Waals surface area contributed by atoms with Crippen molar-refractivity contribution in [1.82, 2.24) is 9.80 Å². The van der Waals surface area contributed by atoms with Crippen molar-refractivity contribution >= 4 is 23.5 Å². The normalized spacial score (nSPS) is 15.8. The van der Waals surface area contributed by atoms with Crippen LogP contribution < -0.4 is 4.74 Å². The number of halogens is 1. The van der Waals surface area contributed by atoms with Gasteiger partial charge in [-0.3, -0.25) is 9.69 Å². The minimum Gasteiger partial charge on any atom is -0.497 e. The van der Waals surface area contributed by atoms with Gasteiger partial charge in [0.1, 0.15) is 11.8 Å². The molecule has 148 valence electrons. The molecule has 1 aliphatic heterocycles. The first-order valence-corrected chi connectivity index (χ1v) is 9.42. The van der Waals surface area contributed by atoms with Crippen LogP contribution in [0.5, 0.6) is 5.75 Å². The SMILES string of the molecule is COC(=O)[C@H](c1ccccc1Cl)N1CCN(C(=O)c2cccc(OC)c2)CC1. The molecule has 1 atom stereocenters. The average molecular weight is 403 g/mol. The van der Waals surface area contributed by atoms with Crippen molar-refractivity contribution in [1.29, 1.82) is 0 Å². The molecule has 2 aromatic rings. The molecule has 0 aromatic heterocycles. The van der Waals surface area contributed by atoms with Crippen molar-refractivity contribution in [2.24, 2.45) is 0 Å². The molecule has 0 saturated carbocycles. The first kappa shape index (κ1) is 20.2. The summed E-state index contributed by atoms with van der Waals surface area (Å²) in [4.78, 5) is 29.0. The smallest absolute Gasteiger partial charge is 0.327 e. The molecule has 6 nitrogen and oxygen atoms in total. The van der Waals surface area contributed by atoms with Crippen LogP contribution >= 0.6 is 11.6 Å². The number of esters is 1. The van der Waals surface area contributed by atoms with Crippen molar-refractivity contribution in [3.8, 4) is 5.75 Å². The monoisotopic (exact) mass is 402 g/mol. The lowest BCUT2D eigenvalue weighted by atomic mass is 10.0. The van der Waals surface area contributed by atoms with Crippen LogP contribution in [0.15, 0.2) is 48.5 Å². The van der Waals surface area contributed by atoms with E-state index in [0.717, 1.165) is 0 Å². The van der Waals surface area contributed by atoms with Crippen molar-refractivity contribution in [2.75, 3.05) is 40.4 Å². The van der Waals surface area contributed by atoms with Crippen molar-refractivity contribution < 1.29 is 19.1 Å². The van der Waals surface area contributed by atoms with Crippen LogP contribution in [0, 0.1) is 0 Å². The third-order valence-corrected chi connectivity index (χ3v) is 5.25. The number of benzene rings is 2. The maximum absolute atomic E-state index is 12.8. The fourth-order valence-corrected chi connectivity index (χ4v) is 3.64. The summed E-state index contributed by atoms with van der Waals surface area (Å²) in [7, 11) is 2.94. The molecule has 0 bridgehead atoms. The van der Waals surface area contributed by atoms with E-state index in [1.165, 1.54) is 7.11 Å². The number of ether oxygens (including phenoxy) is 2. The Morgan fingerprint density at radius 2 is 1.71 bits per heavy atom. The molecule has 7 heteroatoms. The van der Waals surface area contributed by atoms with Crippen LogP contribution in [-0.2, 0) is 9.53 Å². The maximum Gasteiger partial charge on any atom is 0.327 e. The van der Waals surface area contributed by atoms with E-state index in [4.69, 9.17) is 21.1 Å². The summed E-state index contributed by atoms with van der Waals surface area (Å²) in [5.41, 5.74) is 1.30. The molecule has 1 saturated heterocycles. The summed E-state index contributed by atoms with van der Waals surface area (Å²) < 4.78 is 10.2. The first-order valence-electron chi connectivity index (χ1n) is 9.04. The standard InChI is InChI=1S/C21H23ClN2O4/c1-27-16-7-5-6-15(14-16)20(25)24-12-10-23(11-13-24)19(21(26)28-2)17-8-3-4-9-18(17)22/h3-9,14,19H,10-13H2,1-2H3/t19-/m0/s1. The molecular formula is C21H23ClN2O4. The van der Waals surface area contributed by atoms with Gasteiger partial charge in [0.05, 0.1) is 14.2 Å². The molecule has 1 fully saturated rings. The zero-order valence-electron chi connectivity index (χ0n) is 15.9. The van der Waals surface area contributed by atoms with Gasteiger partial charge in [-0.25, -0.2) is 4.79 Å². The Labute approximate surface area is 169 Å². The number of carbonyl (C=O) groups excluding carboxylic acids is 2. The zero-order valence-corrected chi connectivity index (χ0v) is 16.7. The van der Waals surface area contributed by atoms with E-state index in [9.17, 15) is 9.59 Å². The highest BCUT2D eigenvalue weighted by Gasteiger charge is 2.33. The molecule has 0 aliphatic carbocycles. The summed E-state index contributed by atoms with van der Waals surface area (Å²) in [5.74, 6) is 0.237. The van der Waals surface area contributed by atoms with Gasteiger partial charge in [-0.05, 0) is 29.8 Å². The van der Waals surface area contributed by atoms with Gasteiger partial charge in [-0.2, -0.15) is 0 Å². The van der Waals surface area contributed by atoms with E-state index in [-0.39, 0.29) is 11.9 Å². The summed E-state index contributed by atoms with van der Waals surface area (Å²) in [6.07, 6.45) is 0. The number of piperazine rings is 1. The Morgan fingerprint density at radius 3 is 2.36 bits per heavy atom. The Balaban J connectivity index is 1.73. The predicted octanol–water partition coefficient (Wildman–Crippen LogP) is 3.02. The average Bonchev–Trinajstić information content (AvgIpc) is 2.75. The molecule has 0 radical (unpaired) electrons. The highest BCUT2D eigenvalue weighted by atomic mass is 35.5. The molecule has 0 unspecified atom stereocenters. The highest BCUT2D eigenvalue weighted by Crippen LogP contribution is 2.29. The zero-order chi connectivity index (χ0) is 20.1. The van der Waals surface area contributed by atoms with E-state index in [1.54, 1.807) is 42.3 Å². The number of methoxy groups -OCH3 is 2. The predicted molar refractivity (Wildman–Crippen MR) is 107 cm³/mol. The number of rotatable bonds is 5. The second-order valence-electron chi connectivity index (χ2n) is 6.51. The number of amides is 1. The number of carbonyl (C=O) groups is 2. The van der Waals surface area contributed by atoms with Gasteiger partial charge in [0.25, 0.3) is 5.91 Å². The summed E-state index contributed by atoms with van der Waals surface area (Å²) >= 11 is 6.32. The quantitative estimate of drug-likeness (QED) is 0.719. The van der Waals surface area contributed by atoms with Gasteiger partial charge >= 0.3 is 5.97 Å². The summed E-state index contributed by atoms with van der Waals surface area (Å²) in [6.45, 7) is 2.10. The van der Waals surface area contributed by atoms with Crippen LogP contribution in [0.3, 0.4) is 0 Å². The van der Waals surface area contributed by atoms with Crippen LogP contribution in [0.1, 0.15) is 22.0 Å². The highest BCUT2D eigenvalue weighted by molar-refractivity contribution is 6.31. The fraction of sp³-hybridized carbons (Fsp3) is 0.333. The molecule has 0 N–H and O–H groups in total. The fourth-order valence-electron chi connectivity index (χ4n) is 3.40. The van der Waals surface area contributed by atoms with Gasteiger partial charge in [0.15, 0.2) is 0 Å². The summed E-state index contributed by atoms with van der Waals surface area (Å²) in [5, 5.41) is 0.521. The largest absolute Gasteiger partial charge is 0.497 e. The van der Waals surface area contributed by atoms with Crippen molar-refractivity contribution in [3.05, 3.63) is 64.7 Å². The lowest BCUT2D eigenvalue weighted by molar-refractivity contribution is -0.148. The van der Waals surface area contributed by atoms with Gasteiger partial charge in [-0.1, -0.05) is 35.9 Å². The molecular weight excluding hydrogens is 380 g/mol. The number of nitrogens with zero attached hydrogens (tertiary/aromatic N) is 2. The first-order chi connectivity index (χ1) is 13.5. The Kier molecular flexibility index (Phi) is 6.54.